The van der Waals surface area contributed by atoms with E-state index < -0.39 is 0 Å². The molecule has 1 amide bonds. The molecule has 1 aliphatic heterocycles. The number of anilines is 1. The number of nitrogens with zero attached hydrogens (tertiary/aromatic N) is 2. The second-order valence-electron chi connectivity index (χ2n) is 6.10. The van der Waals surface area contributed by atoms with Gasteiger partial charge in [0.15, 0.2) is 0 Å². The maximum absolute atomic E-state index is 12.2. The molecule has 0 unspecified atom stereocenters. The highest BCUT2D eigenvalue weighted by atomic mass is 35.5. The van der Waals surface area contributed by atoms with Gasteiger partial charge in [-0.3, -0.25) is 14.6 Å². The summed E-state index contributed by atoms with van der Waals surface area (Å²) >= 11 is 5.94. The number of rotatable bonds is 5. The van der Waals surface area contributed by atoms with Gasteiger partial charge in [0.25, 0.3) is 0 Å². The fraction of sp³-hybridized carbons (Fsp3) is 0.316. The molecular weight excluding hydrogens is 322 g/mol. The van der Waals surface area contributed by atoms with Gasteiger partial charge in [0.1, 0.15) is 0 Å². The summed E-state index contributed by atoms with van der Waals surface area (Å²) in [6.45, 7) is 5.19. The number of halogens is 1. The lowest BCUT2D eigenvalue weighted by Gasteiger charge is -2.34. The van der Waals surface area contributed by atoms with E-state index in [2.05, 4.69) is 39.4 Å². The second kappa shape index (κ2) is 8.29. The Morgan fingerprint density at radius 1 is 0.958 bits per heavy atom. The van der Waals surface area contributed by atoms with Crippen LogP contribution >= 0.6 is 11.6 Å². The van der Waals surface area contributed by atoms with Crippen molar-refractivity contribution >= 4 is 23.2 Å². The molecule has 0 aromatic heterocycles. The van der Waals surface area contributed by atoms with E-state index in [0.29, 0.717) is 11.6 Å². The minimum atomic E-state index is 0.00813. The van der Waals surface area contributed by atoms with Crippen molar-refractivity contribution in [3.8, 4) is 0 Å². The smallest absolute Gasteiger partial charge is 0.238 e. The molecule has 0 bridgehead atoms. The summed E-state index contributed by atoms with van der Waals surface area (Å²) in [5.74, 6) is 0.00813. The van der Waals surface area contributed by atoms with Gasteiger partial charge >= 0.3 is 0 Å². The lowest BCUT2D eigenvalue weighted by atomic mass is 10.2. The highest BCUT2D eigenvalue weighted by molar-refractivity contribution is 6.30. The van der Waals surface area contributed by atoms with Gasteiger partial charge in [0, 0.05) is 43.4 Å². The molecule has 0 aliphatic carbocycles. The lowest BCUT2D eigenvalue weighted by molar-refractivity contribution is -0.117. The lowest BCUT2D eigenvalue weighted by Crippen LogP contribution is -2.48. The third-order valence-electron chi connectivity index (χ3n) is 4.19. The predicted octanol–water partition coefficient (Wildman–Crippen LogP) is 3.10. The normalized spacial score (nSPS) is 16.0. The largest absolute Gasteiger partial charge is 0.325 e. The fourth-order valence-corrected chi connectivity index (χ4v) is 3.11. The SMILES string of the molecule is O=C(CN1CCN(Cc2ccccc2)CC1)Nc1cccc(Cl)c1. The number of hydrogen-bond donors (Lipinski definition) is 1. The van der Waals surface area contributed by atoms with Crippen LogP contribution in [0.5, 0.6) is 0 Å². The number of piperazine rings is 1. The molecule has 1 heterocycles. The second-order valence-corrected chi connectivity index (χ2v) is 6.53. The summed E-state index contributed by atoms with van der Waals surface area (Å²) in [6.07, 6.45) is 0. The molecule has 126 valence electrons. The van der Waals surface area contributed by atoms with Crippen LogP contribution in [0, 0.1) is 0 Å². The summed E-state index contributed by atoms with van der Waals surface area (Å²) in [7, 11) is 0. The first kappa shape index (κ1) is 17.0. The van der Waals surface area contributed by atoms with Crippen molar-refractivity contribution in [1.29, 1.82) is 0 Å². The van der Waals surface area contributed by atoms with E-state index in [4.69, 9.17) is 11.6 Å². The van der Waals surface area contributed by atoms with E-state index >= 15 is 0 Å². The molecule has 0 spiro atoms. The maximum Gasteiger partial charge on any atom is 0.238 e. The van der Waals surface area contributed by atoms with Crippen LogP contribution in [-0.4, -0.2) is 48.4 Å². The zero-order chi connectivity index (χ0) is 16.8. The number of hydrogen-bond acceptors (Lipinski definition) is 3. The Morgan fingerprint density at radius 2 is 1.67 bits per heavy atom. The van der Waals surface area contributed by atoms with E-state index in [1.807, 2.05) is 18.2 Å². The summed E-state index contributed by atoms with van der Waals surface area (Å²) in [5.41, 5.74) is 2.08. The Morgan fingerprint density at radius 3 is 2.38 bits per heavy atom. The molecule has 4 nitrogen and oxygen atoms in total. The monoisotopic (exact) mass is 343 g/mol. The minimum absolute atomic E-state index is 0.00813. The zero-order valence-electron chi connectivity index (χ0n) is 13.6. The van der Waals surface area contributed by atoms with E-state index in [0.717, 1.165) is 38.4 Å². The summed E-state index contributed by atoms with van der Waals surface area (Å²) in [4.78, 5) is 16.8. The van der Waals surface area contributed by atoms with Gasteiger partial charge in [0.2, 0.25) is 5.91 Å². The van der Waals surface area contributed by atoms with Crippen LogP contribution in [0.3, 0.4) is 0 Å². The third-order valence-corrected chi connectivity index (χ3v) is 4.42. The number of carbonyl (C=O) groups excluding carboxylic acids is 1. The van der Waals surface area contributed by atoms with Crippen molar-refractivity contribution < 1.29 is 4.79 Å². The molecule has 1 aliphatic rings. The van der Waals surface area contributed by atoms with Crippen molar-refractivity contribution in [3.05, 3.63) is 65.2 Å². The molecule has 1 fully saturated rings. The van der Waals surface area contributed by atoms with Crippen molar-refractivity contribution in [2.75, 3.05) is 38.0 Å². The quantitative estimate of drug-likeness (QED) is 0.906. The number of carbonyl (C=O) groups is 1. The molecule has 0 saturated carbocycles. The molecular formula is C19H22ClN3O. The van der Waals surface area contributed by atoms with Crippen molar-refractivity contribution in [2.45, 2.75) is 6.54 Å². The van der Waals surface area contributed by atoms with Gasteiger partial charge in [-0.2, -0.15) is 0 Å². The molecule has 5 heteroatoms. The molecule has 3 rings (SSSR count). The average Bonchev–Trinajstić information content (AvgIpc) is 2.57. The van der Waals surface area contributed by atoms with Gasteiger partial charge in [-0.25, -0.2) is 0 Å². The Kier molecular flexibility index (Phi) is 5.86. The summed E-state index contributed by atoms with van der Waals surface area (Å²) in [5, 5.41) is 3.53. The molecule has 0 radical (unpaired) electrons. The fourth-order valence-electron chi connectivity index (χ4n) is 2.92. The van der Waals surface area contributed by atoms with E-state index in [1.165, 1.54) is 5.56 Å². The Bertz CT molecular complexity index is 669. The number of benzene rings is 2. The van der Waals surface area contributed by atoms with Gasteiger partial charge in [0.05, 0.1) is 6.54 Å². The molecule has 0 atom stereocenters. The van der Waals surface area contributed by atoms with E-state index in [-0.39, 0.29) is 5.91 Å². The standard InChI is InChI=1S/C19H22ClN3O/c20-17-7-4-8-18(13-17)21-19(24)15-23-11-9-22(10-12-23)14-16-5-2-1-3-6-16/h1-8,13H,9-12,14-15H2,(H,21,24). The van der Waals surface area contributed by atoms with Crippen LogP contribution in [0.1, 0.15) is 5.56 Å². The maximum atomic E-state index is 12.2. The summed E-state index contributed by atoms with van der Waals surface area (Å²) in [6, 6.07) is 17.7. The van der Waals surface area contributed by atoms with Crippen molar-refractivity contribution in [3.63, 3.8) is 0 Å². The highest BCUT2D eigenvalue weighted by Crippen LogP contribution is 2.15. The Balaban J connectivity index is 1.42. The van der Waals surface area contributed by atoms with Crippen LogP contribution in [0.4, 0.5) is 5.69 Å². The van der Waals surface area contributed by atoms with Gasteiger partial charge in [-0.15, -0.1) is 0 Å². The molecule has 24 heavy (non-hydrogen) atoms. The van der Waals surface area contributed by atoms with E-state index in [9.17, 15) is 4.79 Å². The number of amides is 1. The molecule has 1 N–H and O–H groups in total. The van der Waals surface area contributed by atoms with Gasteiger partial charge in [-0.1, -0.05) is 48.0 Å². The van der Waals surface area contributed by atoms with E-state index in [1.54, 1.807) is 12.1 Å². The first-order valence-electron chi connectivity index (χ1n) is 8.23. The molecule has 2 aromatic rings. The highest BCUT2D eigenvalue weighted by Gasteiger charge is 2.19. The average molecular weight is 344 g/mol. The Labute approximate surface area is 148 Å². The first-order chi connectivity index (χ1) is 11.7. The van der Waals surface area contributed by atoms with Crippen LogP contribution in [0.15, 0.2) is 54.6 Å². The topological polar surface area (TPSA) is 35.6 Å². The minimum Gasteiger partial charge on any atom is -0.325 e. The first-order valence-corrected chi connectivity index (χ1v) is 8.61. The zero-order valence-corrected chi connectivity index (χ0v) is 14.4. The third kappa shape index (κ3) is 5.06. The number of nitrogens with one attached hydrogen (secondary N) is 1. The molecule has 1 saturated heterocycles. The summed E-state index contributed by atoms with van der Waals surface area (Å²) < 4.78 is 0. The molecule has 2 aromatic carbocycles. The van der Waals surface area contributed by atoms with Crippen molar-refractivity contribution in [2.24, 2.45) is 0 Å². The Hall–Kier alpha value is -1.88. The van der Waals surface area contributed by atoms with Crippen LogP contribution < -0.4 is 5.32 Å². The van der Waals surface area contributed by atoms with Crippen LogP contribution in [0.2, 0.25) is 5.02 Å². The van der Waals surface area contributed by atoms with Crippen LogP contribution in [-0.2, 0) is 11.3 Å². The van der Waals surface area contributed by atoms with Crippen molar-refractivity contribution in [1.82, 2.24) is 9.80 Å². The van der Waals surface area contributed by atoms with Crippen LogP contribution in [0.25, 0.3) is 0 Å². The predicted molar refractivity (Wildman–Crippen MR) is 98.2 cm³/mol. The van der Waals surface area contributed by atoms with Gasteiger partial charge in [-0.05, 0) is 23.8 Å². The van der Waals surface area contributed by atoms with Gasteiger partial charge < -0.3 is 5.32 Å².